The van der Waals surface area contributed by atoms with Gasteiger partial charge in [0, 0.05) is 31.5 Å². The minimum Gasteiger partial charge on any atom is -0.315 e. The summed E-state index contributed by atoms with van der Waals surface area (Å²) >= 11 is 0. The van der Waals surface area contributed by atoms with Crippen LogP contribution >= 0.6 is 0 Å². The van der Waals surface area contributed by atoms with Crippen LogP contribution in [0, 0.1) is 0 Å². The van der Waals surface area contributed by atoms with Gasteiger partial charge in [-0.1, -0.05) is 0 Å². The van der Waals surface area contributed by atoms with Crippen molar-refractivity contribution in [3.63, 3.8) is 0 Å². The van der Waals surface area contributed by atoms with Crippen LogP contribution in [-0.2, 0) is 7.05 Å². The number of hydrogen-bond donors (Lipinski definition) is 1. The van der Waals surface area contributed by atoms with Crippen molar-refractivity contribution >= 4 is 11.8 Å². The van der Waals surface area contributed by atoms with E-state index in [0.29, 0.717) is 6.04 Å². The van der Waals surface area contributed by atoms with Gasteiger partial charge in [-0.2, -0.15) is 5.10 Å². The van der Waals surface area contributed by atoms with Gasteiger partial charge in [0.15, 0.2) is 0 Å². The molecule has 0 bridgehead atoms. The Bertz CT molecular complexity index is 440. The van der Waals surface area contributed by atoms with E-state index in [2.05, 4.69) is 33.8 Å². The monoisotopic (exact) mass is 205 g/mol. The highest BCUT2D eigenvalue weighted by Crippen LogP contribution is 2.17. The molecule has 0 radical (unpaired) electrons. The quantitative estimate of drug-likeness (QED) is 0.833. The number of nitrogens with one attached hydrogen (secondary N) is 1. The number of imidazole rings is 1. The molecule has 0 saturated carbocycles. The first kappa shape index (κ1) is 9.76. The first-order chi connectivity index (χ1) is 7.18. The summed E-state index contributed by atoms with van der Waals surface area (Å²) in [7, 11) is 1.89. The Labute approximate surface area is 88.7 Å². The molecule has 0 aliphatic heterocycles. The second-order valence-electron chi connectivity index (χ2n) is 3.72. The molecular weight excluding hydrogens is 190 g/mol. The van der Waals surface area contributed by atoms with Gasteiger partial charge in [0.2, 0.25) is 5.95 Å². The lowest BCUT2D eigenvalue weighted by atomic mass is 10.4. The van der Waals surface area contributed by atoms with Gasteiger partial charge in [-0.15, -0.1) is 0 Å². The van der Waals surface area contributed by atoms with E-state index in [9.17, 15) is 0 Å². The Kier molecular flexibility index (Phi) is 2.45. The molecule has 0 atom stereocenters. The third kappa shape index (κ3) is 1.86. The van der Waals surface area contributed by atoms with Crippen molar-refractivity contribution in [2.75, 3.05) is 5.32 Å². The SMILES string of the molecule is CC(C)n1ccnc1Nc1ccnn1C. The molecule has 0 spiro atoms. The van der Waals surface area contributed by atoms with Crippen LogP contribution in [0.3, 0.4) is 0 Å². The summed E-state index contributed by atoms with van der Waals surface area (Å²) in [4.78, 5) is 4.26. The van der Waals surface area contributed by atoms with Gasteiger partial charge in [0.25, 0.3) is 0 Å². The minimum absolute atomic E-state index is 0.392. The highest BCUT2D eigenvalue weighted by molar-refractivity contribution is 5.48. The molecule has 80 valence electrons. The average molecular weight is 205 g/mol. The maximum Gasteiger partial charge on any atom is 0.208 e. The molecule has 0 aliphatic carbocycles. The Morgan fingerprint density at radius 2 is 2.13 bits per heavy atom. The van der Waals surface area contributed by atoms with E-state index in [1.807, 2.05) is 19.3 Å². The van der Waals surface area contributed by atoms with Crippen molar-refractivity contribution in [2.45, 2.75) is 19.9 Å². The molecule has 0 aliphatic rings. The lowest BCUT2D eigenvalue weighted by Gasteiger charge is -2.12. The fraction of sp³-hybridized carbons (Fsp3) is 0.400. The van der Waals surface area contributed by atoms with E-state index in [4.69, 9.17) is 0 Å². The van der Waals surface area contributed by atoms with E-state index < -0.39 is 0 Å². The number of hydrogen-bond acceptors (Lipinski definition) is 3. The van der Waals surface area contributed by atoms with Gasteiger partial charge in [0.1, 0.15) is 5.82 Å². The van der Waals surface area contributed by atoms with Gasteiger partial charge in [-0.05, 0) is 13.8 Å². The number of aromatic nitrogens is 4. The van der Waals surface area contributed by atoms with Gasteiger partial charge < -0.3 is 9.88 Å². The average Bonchev–Trinajstić information content (AvgIpc) is 2.77. The van der Waals surface area contributed by atoms with E-state index in [-0.39, 0.29) is 0 Å². The molecular formula is C10H15N5. The third-order valence-corrected chi connectivity index (χ3v) is 2.29. The summed E-state index contributed by atoms with van der Waals surface area (Å²) in [5, 5.41) is 7.32. The van der Waals surface area contributed by atoms with E-state index in [0.717, 1.165) is 11.8 Å². The first-order valence-electron chi connectivity index (χ1n) is 4.96. The Balaban J connectivity index is 2.25. The summed E-state index contributed by atoms with van der Waals surface area (Å²) < 4.78 is 3.85. The van der Waals surface area contributed by atoms with Crippen LogP contribution in [0.15, 0.2) is 24.7 Å². The van der Waals surface area contributed by atoms with Gasteiger partial charge in [-0.25, -0.2) is 4.98 Å². The molecule has 1 N–H and O–H groups in total. The normalized spacial score (nSPS) is 10.9. The number of aryl methyl sites for hydroxylation is 1. The highest BCUT2D eigenvalue weighted by Gasteiger charge is 2.07. The van der Waals surface area contributed by atoms with Crippen LogP contribution in [0.1, 0.15) is 19.9 Å². The summed E-state index contributed by atoms with van der Waals surface area (Å²) in [6.07, 6.45) is 5.51. The maximum atomic E-state index is 4.26. The lowest BCUT2D eigenvalue weighted by molar-refractivity contribution is 0.607. The van der Waals surface area contributed by atoms with Gasteiger partial charge in [0.05, 0.1) is 6.20 Å². The highest BCUT2D eigenvalue weighted by atomic mass is 15.3. The standard InChI is InChI=1S/C10H15N5/c1-8(2)15-7-6-11-10(15)13-9-4-5-12-14(9)3/h4-8H,1-3H3,(H,11,13). The van der Waals surface area contributed by atoms with Crippen LogP contribution in [0.2, 0.25) is 0 Å². The molecule has 0 amide bonds. The summed E-state index contributed by atoms with van der Waals surface area (Å²) in [6.45, 7) is 4.24. The molecule has 2 aromatic rings. The second-order valence-corrected chi connectivity index (χ2v) is 3.72. The molecule has 5 nitrogen and oxygen atoms in total. The summed E-state index contributed by atoms with van der Waals surface area (Å²) in [6, 6.07) is 2.31. The van der Waals surface area contributed by atoms with Crippen molar-refractivity contribution in [1.82, 2.24) is 19.3 Å². The predicted molar refractivity (Wildman–Crippen MR) is 59.1 cm³/mol. The molecule has 0 unspecified atom stereocenters. The molecule has 2 aromatic heterocycles. The Morgan fingerprint density at radius 3 is 2.73 bits per heavy atom. The largest absolute Gasteiger partial charge is 0.315 e. The predicted octanol–water partition coefficient (Wildman–Crippen LogP) is 1.94. The maximum absolute atomic E-state index is 4.26. The number of rotatable bonds is 3. The van der Waals surface area contributed by atoms with Crippen molar-refractivity contribution in [3.8, 4) is 0 Å². The zero-order valence-electron chi connectivity index (χ0n) is 9.18. The van der Waals surface area contributed by atoms with Crippen LogP contribution < -0.4 is 5.32 Å². The smallest absolute Gasteiger partial charge is 0.208 e. The van der Waals surface area contributed by atoms with Crippen LogP contribution in [-0.4, -0.2) is 19.3 Å². The molecule has 0 aromatic carbocycles. The third-order valence-electron chi connectivity index (χ3n) is 2.29. The number of nitrogens with zero attached hydrogens (tertiary/aromatic N) is 4. The zero-order chi connectivity index (χ0) is 10.8. The second kappa shape index (κ2) is 3.76. The van der Waals surface area contributed by atoms with Crippen molar-refractivity contribution in [2.24, 2.45) is 7.05 Å². The molecule has 2 rings (SSSR count). The number of anilines is 2. The zero-order valence-corrected chi connectivity index (χ0v) is 9.18. The van der Waals surface area contributed by atoms with Crippen molar-refractivity contribution < 1.29 is 0 Å². The topological polar surface area (TPSA) is 47.7 Å². The molecule has 5 heteroatoms. The van der Waals surface area contributed by atoms with E-state index in [1.165, 1.54) is 0 Å². The first-order valence-corrected chi connectivity index (χ1v) is 4.96. The summed E-state index contributed by atoms with van der Waals surface area (Å²) in [5.41, 5.74) is 0. The van der Waals surface area contributed by atoms with Crippen LogP contribution in [0.5, 0.6) is 0 Å². The van der Waals surface area contributed by atoms with E-state index >= 15 is 0 Å². The molecule has 0 fully saturated rings. The van der Waals surface area contributed by atoms with Crippen molar-refractivity contribution in [1.29, 1.82) is 0 Å². The Morgan fingerprint density at radius 1 is 1.33 bits per heavy atom. The lowest BCUT2D eigenvalue weighted by Crippen LogP contribution is -2.07. The van der Waals surface area contributed by atoms with Gasteiger partial charge >= 0.3 is 0 Å². The van der Waals surface area contributed by atoms with Crippen LogP contribution in [0.25, 0.3) is 0 Å². The Hall–Kier alpha value is -1.78. The molecule has 0 saturated heterocycles. The van der Waals surface area contributed by atoms with Crippen LogP contribution in [0.4, 0.5) is 11.8 Å². The van der Waals surface area contributed by atoms with Crippen molar-refractivity contribution in [3.05, 3.63) is 24.7 Å². The minimum atomic E-state index is 0.392. The molecule has 15 heavy (non-hydrogen) atoms. The van der Waals surface area contributed by atoms with E-state index in [1.54, 1.807) is 17.1 Å². The summed E-state index contributed by atoms with van der Waals surface area (Å²) in [5.74, 6) is 1.77. The molecule has 2 heterocycles. The fourth-order valence-corrected chi connectivity index (χ4v) is 1.44. The fourth-order valence-electron chi connectivity index (χ4n) is 1.44. The van der Waals surface area contributed by atoms with Gasteiger partial charge in [-0.3, -0.25) is 4.68 Å².